The maximum Gasteiger partial charge on any atom is 0.255 e. The van der Waals surface area contributed by atoms with Crippen LogP contribution in [0.3, 0.4) is 0 Å². The molecule has 2 aromatic rings. The van der Waals surface area contributed by atoms with Gasteiger partial charge in [0.1, 0.15) is 0 Å². The van der Waals surface area contributed by atoms with Crippen LogP contribution in [0.1, 0.15) is 15.9 Å². The third-order valence-corrected chi connectivity index (χ3v) is 6.70. The number of nitrogens with zero attached hydrogens (tertiary/aromatic N) is 3. The number of amides is 1. The van der Waals surface area contributed by atoms with Crippen LogP contribution in [0.4, 0.5) is 0 Å². The number of sulfonamides is 1. The van der Waals surface area contributed by atoms with Crippen molar-refractivity contribution in [2.75, 3.05) is 26.2 Å². The number of carbonyl (C=O) groups excluding carboxylic acids is 1. The second-order valence-electron chi connectivity index (χ2n) is 6.97. The highest BCUT2D eigenvalue weighted by Gasteiger charge is 2.41. The predicted molar refractivity (Wildman–Crippen MR) is 98.7 cm³/mol. The molecule has 2 unspecified atom stereocenters. The highest BCUT2D eigenvalue weighted by atomic mass is 32.2. The Morgan fingerprint density at radius 2 is 1.85 bits per heavy atom. The molecule has 2 bridgehead atoms. The van der Waals surface area contributed by atoms with Crippen LogP contribution in [0.15, 0.2) is 53.7 Å². The summed E-state index contributed by atoms with van der Waals surface area (Å²) in [7, 11) is -3.58. The van der Waals surface area contributed by atoms with Crippen molar-refractivity contribution in [3.8, 4) is 0 Å². The number of carbonyl (C=O) groups is 1. The van der Waals surface area contributed by atoms with Gasteiger partial charge in [-0.15, -0.1) is 0 Å². The zero-order valence-electron chi connectivity index (χ0n) is 15.0. The first-order chi connectivity index (χ1) is 12.9. The summed E-state index contributed by atoms with van der Waals surface area (Å²) in [5, 5.41) is 0. The summed E-state index contributed by atoms with van der Waals surface area (Å²) < 4.78 is 33.4. The lowest BCUT2D eigenvalue weighted by Crippen LogP contribution is -2.61. The van der Waals surface area contributed by atoms with Crippen molar-refractivity contribution in [2.24, 2.45) is 0 Å². The Kier molecular flexibility index (Phi) is 4.71. The lowest BCUT2D eigenvalue weighted by molar-refractivity contribution is -0.113. The second kappa shape index (κ2) is 7.03. The van der Waals surface area contributed by atoms with Gasteiger partial charge in [-0.05, 0) is 36.8 Å². The summed E-state index contributed by atoms with van der Waals surface area (Å²) in [5.74, 6) is -0.101. The van der Waals surface area contributed by atoms with Crippen molar-refractivity contribution in [3.05, 3.63) is 59.9 Å². The van der Waals surface area contributed by atoms with Crippen molar-refractivity contribution < 1.29 is 17.9 Å². The van der Waals surface area contributed by atoms with E-state index < -0.39 is 10.0 Å². The molecular formula is C19H21N3O4S. The molecule has 2 fully saturated rings. The fraction of sp³-hybridized carbons (Fsp3) is 0.368. The number of hydrogen-bond donors (Lipinski definition) is 0. The Morgan fingerprint density at radius 3 is 2.48 bits per heavy atom. The van der Waals surface area contributed by atoms with Gasteiger partial charge in [0.05, 0.1) is 22.7 Å². The second-order valence-corrected chi connectivity index (χ2v) is 8.91. The summed E-state index contributed by atoms with van der Waals surface area (Å²) in [6, 6.07) is 10.4. The molecule has 2 aliphatic heterocycles. The number of morpholine rings is 2. The molecule has 1 aromatic carbocycles. The van der Waals surface area contributed by atoms with Crippen molar-refractivity contribution >= 4 is 15.9 Å². The summed E-state index contributed by atoms with van der Waals surface area (Å²) in [6.07, 6.45) is 2.50. The monoisotopic (exact) mass is 387 g/mol. The quantitative estimate of drug-likeness (QED) is 0.793. The van der Waals surface area contributed by atoms with Crippen LogP contribution in [-0.4, -0.2) is 66.9 Å². The Labute approximate surface area is 158 Å². The van der Waals surface area contributed by atoms with Crippen molar-refractivity contribution in [1.82, 2.24) is 14.2 Å². The third-order valence-electron chi connectivity index (χ3n) is 4.87. The van der Waals surface area contributed by atoms with Gasteiger partial charge < -0.3 is 9.64 Å². The molecule has 0 spiro atoms. The van der Waals surface area contributed by atoms with E-state index >= 15 is 0 Å². The number of ether oxygens (including phenoxy) is 1. The fourth-order valence-electron chi connectivity index (χ4n) is 3.61. The van der Waals surface area contributed by atoms with Crippen LogP contribution < -0.4 is 0 Å². The zero-order valence-corrected chi connectivity index (χ0v) is 15.8. The average Bonchev–Trinajstić information content (AvgIpc) is 2.67. The van der Waals surface area contributed by atoms with Gasteiger partial charge in [-0.1, -0.05) is 12.1 Å². The van der Waals surface area contributed by atoms with Gasteiger partial charge in [0.15, 0.2) is 0 Å². The zero-order chi connectivity index (χ0) is 19.0. The molecule has 142 valence electrons. The smallest absolute Gasteiger partial charge is 0.255 e. The number of aryl methyl sites for hydroxylation is 1. The molecule has 2 aliphatic rings. The van der Waals surface area contributed by atoms with E-state index in [1.54, 1.807) is 47.6 Å². The number of benzene rings is 1. The number of hydrogen-bond acceptors (Lipinski definition) is 5. The van der Waals surface area contributed by atoms with Crippen LogP contribution in [-0.2, 0) is 14.8 Å². The predicted octanol–water partition coefficient (Wildman–Crippen LogP) is 1.30. The van der Waals surface area contributed by atoms with Crippen molar-refractivity contribution in [2.45, 2.75) is 24.0 Å². The molecule has 0 N–H and O–H groups in total. The van der Waals surface area contributed by atoms with E-state index in [0.29, 0.717) is 23.5 Å². The SMILES string of the molecule is Cc1cccc(S(=O)(=O)N2CC3CN(C(=O)c4cccnc4)CC(C2)O3)c1. The summed E-state index contributed by atoms with van der Waals surface area (Å²) in [6.45, 7) is 3.08. The van der Waals surface area contributed by atoms with E-state index in [0.717, 1.165) is 5.56 Å². The number of rotatable bonds is 3. The molecule has 8 heteroatoms. The molecule has 7 nitrogen and oxygen atoms in total. The largest absolute Gasteiger partial charge is 0.369 e. The lowest BCUT2D eigenvalue weighted by atomic mass is 10.1. The Bertz CT molecular complexity index is 934. The molecule has 4 rings (SSSR count). The Morgan fingerprint density at radius 1 is 1.11 bits per heavy atom. The molecule has 3 heterocycles. The van der Waals surface area contributed by atoms with Crippen LogP contribution >= 0.6 is 0 Å². The van der Waals surface area contributed by atoms with E-state index in [-0.39, 0.29) is 31.2 Å². The van der Waals surface area contributed by atoms with E-state index in [4.69, 9.17) is 4.74 Å². The molecule has 27 heavy (non-hydrogen) atoms. The van der Waals surface area contributed by atoms with E-state index in [1.165, 1.54) is 4.31 Å². The van der Waals surface area contributed by atoms with E-state index in [9.17, 15) is 13.2 Å². The molecular weight excluding hydrogens is 366 g/mol. The van der Waals surface area contributed by atoms with Gasteiger partial charge in [0, 0.05) is 38.6 Å². The third kappa shape index (κ3) is 3.60. The minimum absolute atomic E-state index is 0.101. The summed E-state index contributed by atoms with van der Waals surface area (Å²) in [5.41, 5.74) is 1.43. The molecule has 2 saturated heterocycles. The minimum atomic E-state index is -3.58. The van der Waals surface area contributed by atoms with E-state index in [1.807, 2.05) is 13.0 Å². The first-order valence-corrected chi connectivity index (χ1v) is 10.3. The van der Waals surface area contributed by atoms with Gasteiger partial charge in [-0.3, -0.25) is 9.78 Å². The van der Waals surface area contributed by atoms with Crippen LogP contribution in [0.2, 0.25) is 0 Å². The lowest BCUT2D eigenvalue weighted by Gasteiger charge is -2.45. The standard InChI is InChI=1S/C19H21N3O4S/c1-14-4-2-6-18(8-14)27(24,25)22-12-16-10-21(11-17(13-22)26-16)19(23)15-5-3-7-20-9-15/h2-9,16-17H,10-13H2,1H3. The van der Waals surface area contributed by atoms with Crippen LogP contribution in [0.5, 0.6) is 0 Å². The Hall–Kier alpha value is -2.29. The summed E-state index contributed by atoms with van der Waals surface area (Å²) >= 11 is 0. The highest BCUT2D eigenvalue weighted by Crippen LogP contribution is 2.26. The van der Waals surface area contributed by atoms with Crippen LogP contribution in [0, 0.1) is 6.92 Å². The maximum absolute atomic E-state index is 13.0. The minimum Gasteiger partial charge on any atom is -0.369 e. The summed E-state index contributed by atoms with van der Waals surface area (Å²) in [4.78, 5) is 18.7. The molecule has 1 amide bonds. The molecule has 0 saturated carbocycles. The number of aromatic nitrogens is 1. The normalized spacial score (nSPS) is 23.2. The van der Waals surface area contributed by atoms with Crippen molar-refractivity contribution in [3.63, 3.8) is 0 Å². The topological polar surface area (TPSA) is 79.8 Å². The van der Waals surface area contributed by atoms with Gasteiger partial charge in [-0.2, -0.15) is 4.31 Å². The number of pyridine rings is 1. The van der Waals surface area contributed by atoms with Crippen LogP contribution in [0.25, 0.3) is 0 Å². The van der Waals surface area contributed by atoms with Gasteiger partial charge >= 0.3 is 0 Å². The molecule has 2 atom stereocenters. The first kappa shape index (κ1) is 18.1. The highest BCUT2D eigenvalue weighted by molar-refractivity contribution is 7.89. The average molecular weight is 387 g/mol. The van der Waals surface area contributed by atoms with E-state index in [2.05, 4.69) is 4.98 Å². The Balaban J connectivity index is 1.50. The van der Waals surface area contributed by atoms with Gasteiger partial charge in [0.2, 0.25) is 10.0 Å². The van der Waals surface area contributed by atoms with Gasteiger partial charge in [-0.25, -0.2) is 8.42 Å². The first-order valence-electron chi connectivity index (χ1n) is 8.85. The molecule has 1 aromatic heterocycles. The molecule has 0 radical (unpaired) electrons. The molecule has 0 aliphatic carbocycles. The maximum atomic E-state index is 13.0. The fourth-order valence-corrected chi connectivity index (χ4v) is 5.22. The van der Waals surface area contributed by atoms with Gasteiger partial charge in [0.25, 0.3) is 5.91 Å². The number of fused-ring (bicyclic) bond motifs is 2. The van der Waals surface area contributed by atoms with Crippen molar-refractivity contribution in [1.29, 1.82) is 0 Å².